The first-order valence-corrected chi connectivity index (χ1v) is 6.42. The molecule has 0 aliphatic heterocycles. The summed E-state index contributed by atoms with van der Waals surface area (Å²) in [5.74, 6) is 0. The zero-order chi connectivity index (χ0) is 13.0. The van der Waals surface area contributed by atoms with Crippen LogP contribution in [0.1, 0.15) is 31.2 Å². The van der Waals surface area contributed by atoms with Crippen LogP contribution >= 0.6 is 0 Å². The van der Waals surface area contributed by atoms with E-state index in [2.05, 4.69) is 23.0 Å². The lowest BCUT2D eigenvalue weighted by molar-refractivity contribution is 0.161. The van der Waals surface area contributed by atoms with E-state index in [4.69, 9.17) is 11.0 Å². The molecule has 1 fully saturated rings. The largest absolute Gasteiger partial charge is 0.313 e. The molecule has 1 heterocycles. The van der Waals surface area contributed by atoms with Gasteiger partial charge in [0.15, 0.2) is 0 Å². The minimum absolute atomic E-state index is 0.531. The Hall–Kier alpha value is -1.44. The maximum atomic E-state index is 9.01. The van der Waals surface area contributed by atoms with Gasteiger partial charge in [-0.3, -0.25) is 9.88 Å². The van der Waals surface area contributed by atoms with Gasteiger partial charge in [0, 0.05) is 25.0 Å². The normalized spacial score (nSPS) is 28.0. The first kappa shape index (κ1) is 13.0. The molecule has 1 aromatic rings. The van der Waals surface area contributed by atoms with Crippen LogP contribution in [-0.4, -0.2) is 28.5 Å². The summed E-state index contributed by atoms with van der Waals surface area (Å²) in [5.41, 5.74) is 6.67. The Morgan fingerprint density at radius 1 is 1.44 bits per heavy atom. The molecule has 0 atom stereocenters. The summed E-state index contributed by atoms with van der Waals surface area (Å²) in [5, 5.41) is 9.01. The Kier molecular flexibility index (Phi) is 3.95. The SMILES string of the molecule is CN(Cc1ccncc1)C1CCC(N)(C#N)CC1. The van der Waals surface area contributed by atoms with E-state index in [0.29, 0.717) is 6.04 Å². The molecule has 1 saturated carbocycles. The molecule has 0 aromatic carbocycles. The molecular formula is C14H20N4. The number of aromatic nitrogens is 1. The van der Waals surface area contributed by atoms with Crippen LogP contribution in [-0.2, 0) is 6.54 Å². The number of nitriles is 1. The first-order chi connectivity index (χ1) is 8.63. The van der Waals surface area contributed by atoms with Crippen molar-refractivity contribution in [1.29, 1.82) is 5.26 Å². The summed E-state index contributed by atoms with van der Waals surface area (Å²) in [7, 11) is 2.14. The van der Waals surface area contributed by atoms with Crippen molar-refractivity contribution in [2.45, 2.75) is 43.8 Å². The van der Waals surface area contributed by atoms with E-state index in [1.54, 1.807) is 0 Å². The van der Waals surface area contributed by atoms with Gasteiger partial charge >= 0.3 is 0 Å². The summed E-state index contributed by atoms with van der Waals surface area (Å²) >= 11 is 0. The van der Waals surface area contributed by atoms with Gasteiger partial charge in [-0.1, -0.05) is 0 Å². The van der Waals surface area contributed by atoms with Crippen LogP contribution in [0.15, 0.2) is 24.5 Å². The summed E-state index contributed by atoms with van der Waals surface area (Å²) < 4.78 is 0. The number of hydrogen-bond donors (Lipinski definition) is 1. The molecule has 0 amide bonds. The third-order valence-electron chi connectivity index (χ3n) is 3.87. The van der Waals surface area contributed by atoms with E-state index in [9.17, 15) is 0 Å². The molecule has 0 saturated heterocycles. The molecule has 2 N–H and O–H groups in total. The lowest BCUT2D eigenvalue weighted by Gasteiger charge is -2.36. The molecule has 0 bridgehead atoms. The maximum Gasteiger partial charge on any atom is 0.104 e. The Morgan fingerprint density at radius 3 is 2.61 bits per heavy atom. The van der Waals surface area contributed by atoms with Gasteiger partial charge in [0.25, 0.3) is 0 Å². The number of nitrogens with zero attached hydrogens (tertiary/aromatic N) is 3. The smallest absolute Gasteiger partial charge is 0.104 e. The molecule has 4 heteroatoms. The molecule has 0 radical (unpaired) electrons. The monoisotopic (exact) mass is 244 g/mol. The third-order valence-corrected chi connectivity index (χ3v) is 3.87. The van der Waals surface area contributed by atoms with Crippen LogP contribution in [0.4, 0.5) is 0 Å². The third kappa shape index (κ3) is 3.06. The van der Waals surface area contributed by atoms with E-state index < -0.39 is 5.54 Å². The molecule has 1 aromatic heterocycles. The van der Waals surface area contributed by atoms with Crippen molar-refractivity contribution in [2.24, 2.45) is 5.73 Å². The molecular weight excluding hydrogens is 224 g/mol. The van der Waals surface area contributed by atoms with Crippen molar-refractivity contribution >= 4 is 0 Å². The lowest BCUT2D eigenvalue weighted by atomic mass is 9.81. The highest BCUT2D eigenvalue weighted by atomic mass is 15.1. The maximum absolute atomic E-state index is 9.01. The van der Waals surface area contributed by atoms with Crippen LogP contribution in [0, 0.1) is 11.3 Å². The predicted octanol–water partition coefficient (Wildman–Crippen LogP) is 1.68. The fourth-order valence-corrected chi connectivity index (χ4v) is 2.58. The summed E-state index contributed by atoms with van der Waals surface area (Å²) in [6.07, 6.45) is 7.26. The van der Waals surface area contributed by atoms with Gasteiger partial charge in [0.1, 0.15) is 5.54 Å². The van der Waals surface area contributed by atoms with Crippen molar-refractivity contribution in [3.05, 3.63) is 30.1 Å². The van der Waals surface area contributed by atoms with E-state index in [1.807, 2.05) is 24.5 Å². The van der Waals surface area contributed by atoms with Crippen molar-refractivity contribution < 1.29 is 0 Å². The second-order valence-corrected chi connectivity index (χ2v) is 5.27. The van der Waals surface area contributed by atoms with Gasteiger partial charge in [-0.25, -0.2) is 0 Å². The van der Waals surface area contributed by atoms with Crippen LogP contribution in [0.3, 0.4) is 0 Å². The van der Waals surface area contributed by atoms with E-state index in [-0.39, 0.29) is 0 Å². The fraction of sp³-hybridized carbons (Fsp3) is 0.571. The molecule has 2 rings (SSSR count). The van der Waals surface area contributed by atoms with Gasteiger partial charge in [-0.15, -0.1) is 0 Å². The average Bonchev–Trinajstić information content (AvgIpc) is 2.40. The van der Waals surface area contributed by atoms with Crippen molar-refractivity contribution in [2.75, 3.05) is 7.05 Å². The van der Waals surface area contributed by atoms with E-state index >= 15 is 0 Å². The molecule has 0 spiro atoms. The minimum Gasteiger partial charge on any atom is -0.313 e. The highest BCUT2D eigenvalue weighted by Gasteiger charge is 2.32. The zero-order valence-electron chi connectivity index (χ0n) is 10.8. The van der Waals surface area contributed by atoms with Gasteiger partial charge in [0.05, 0.1) is 6.07 Å². The Morgan fingerprint density at radius 2 is 2.06 bits per heavy atom. The van der Waals surface area contributed by atoms with E-state index in [1.165, 1.54) is 5.56 Å². The summed E-state index contributed by atoms with van der Waals surface area (Å²) in [6.45, 7) is 0.928. The number of rotatable bonds is 3. The Bertz CT molecular complexity index is 415. The fourth-order valence-electron chi connectivity index (χ4n) is 2.58. The first-order valence-electron chi connectivity index (χ1n) is 6.42. The Labute approximate surface area is 108 Å². The second-order valence-electron chi connectivity index (χ2n) is 5.27. The standard InChI is InChI=1S/C14H20N4/c1-18(10-12-4-8-17-9-5-12)13-2-6-14(16,11-15)7-3-13/h4-5,8-9,13H,2-3,6-7,10,16H2,1H3. The van der Waals surface area contributed by atoms with E-state index in [0.717, 1.165) is 32.2 Å². The number of nitrogens with two attached hydrogens (primary N) is 1. The molecule has 4 nitrogen and oxygen atoms in total. The van der Waals surface area contributed by atoms with Crippen LogP contribution in [0.2, 0.25) is 0 Å². The molecule has 1 aliphatic carbocycles. The topological polar surface area (TPSA) is 65.9 Å². The molecule has 18 heavy (non-hydrogen) atoms. The van der Waals surface area contributed by atoms with Crippen LogP contribution in [0.25, 0.3) is 0 Å². The second kappa shape index (κ2) is 5.47. The minimum atomic E-state index is -0.589. The highest BCUT2D eigenvalue weighted by Crippen LogP contribution is 2.28. The summed E-state index contributed by atoms with van der Waals surface area (Å²) in [4.78, 5) is 6.38. The van der Waals surface area contributed by atoms with Crippen LogP contribution < -0.4 is 5.73 Å². The number of hydrogen-bond acceptors (Lipinski definition) is 4. The summed E-state index contributed by atoms with van der Waals surface area (Å²) in [6, 6.07) is 6.86. The van der Waals surface area contributed by atoms with Gasteiger partial charge in [-0.05, 0) is 50.4 Å². The quantitative estimate of drug-likeness (QED) is 0.878. The molecule has 0 unspecified atom stereocenters. The van der Waals surface area contributed by atoms with Gasteiger partial charge in [-0.2, -0.15) is 5.26 Å². The van der Waals surface area contributed by atoms with Crippen molar-refractivity contribution in [3.63, 3.8) is 0 Å². The van der Waals surface area contributed by atoms with Crippen LogP contribution in [0.5, 0.6) is 0 Å². The van der Waals surface area contributed by atoms with Gasteiger partial charge in [0.2, 0.25) is 0 Å². The van der Waals surface area contributed by atoms with Gasteiger partial charge < -0.3 is 5.73 Å². The number of pyridine rings is 1. The lowest BCUT2D eigenvalue weighted by Crippen LogP contribution is -2.46. The zero-order valence-corrected chi connectivity index (χ0v) is 10.8. The van der Waals surface area contributed by atoms with Crippen molar-refractivity contribution in [1.82, 2.24) is 9.88 Å². The molecule has 96 valence electrons. The predicted molar refractivity (Wildman–Crippen MR) is 70.5 cm³/mol. The highest BCUT2D eigenvalue weighted by molar-refractivity contribution is 5.11. The average molecular weight is 244 g/mol. The van der Waals surface area contributed by atoms with Crippen molar-refractivity contribution in [3.8, 4) is 6.07 Å². The Balaban J connectivity index is 1.89. The molecule has 1 aliphatic rings.